The Morgan fingerprint density at radius 3 is 2.69 bits per heavy atom. The van der Waals surface area contributed by atoms with Crippen LogP contribution in [0, 0.1) is 6.92 Å². The molecule has 1 rings (SSSR count). The van der Waals surface area contributed by atoms with Crippen LogP contribution in [0.25, 0.3) is 0 Å². The molecule has 0 radical (unpaired) electrons. The van der Waals surface area contributed by atoms with Gasteiger partial charge in [0.2, 0.25) is 0 Å². The topological polar surface area (TPSA) is 21.3 Å². The van der Waals surface area contributed by atoms with Gasteiger partial charge in [-0.15, -0.1) is 11.6 Å². The van der Waals surface area contributed by atoms with Gasteiger partial charge in [-0.1, -0.05) is 11.6 Å². The SMILES string of the molecule is COc1cc(C)c(CCNCCCl)cc1Cl. The third-order valence-electron chi connectivity index (χ3n) is 2.45. The highest BCUT2D eigenvalue weighted by Gasteiger charge is 2.05. The monoisotopic (exact) mass is 261 g/mol. The number of hydrogen-bond donors (Lipinski definition) is 1. The first-order chi connectivity index (χ1) is 7.69. The van der Waals surface area contributed by atoms with Gasteiger partial charge in [-0.2, -0.15) is 0 Å². The fourth-order valence-corrected chi connectivity index (χ4v) is 1.93. The molecule has 0 spiro atoms. The predicted molar refractivity (Wildman–Crippen MR) is 70.0 cm³/mol. The molecule has 4 heteroatoms. The van der Waals surface area contributed by atoms with Crippen molar-refractivity contribution in [1.82, 2.24) is 5.32 Å². The summed E-state index contributed by atoms with van der Waals surface area (Å²) in [6.45, 7) is 3.82. The fourth-order valence-electron chi connectivity index (χ4n) is 1.54. The van der Waals surface area contributed by atoms with Gasteiger partial charge in [0.25, 0.3) is 0 Å². The molecule has 0 unspecified atom stereocenters. The van der Waals surface area contributed by atoms with Crippen molar-refractivity contribution in [1.29, 1.82) is 0 Å². The maximum Gasteiger partial charge on any atom is 0.137 e. The van der Waals surface area contributed by atoms with E-state index in [1.54, 1.807) is 7.11 Å². The highest BCUT2D eigenvalue weighted by atomic mass is 35.5. The van der Waals surface area contributed by atoms with Gasteiger partial charge in [-0.3, -0.25) is 0 Å². The minimum absolute atomic E-state index is 0.641. The van der Waals surface area contributed by atoms with Gasteiger partial charge in [0.05, 0.1) is 12.1 Å². The van der Waals surface area contributed by atoms with E-state index in [1.165, 1.54) is 11.1 Å². The Kier molecular flexibility index (Phi) is 5.96. The molecule has 0 aliphatic heterocycles. The van der Waals surface area contributed by atoms with Crippen molar-refractivity contribution < 1.29 is 4.74 Å². The molecule has 0 aromatic heterocycles. The molecule has 0 bridgehead atoms. The van der Waals surface area contributed by atoms with Gasteiger partial charge in [0, 0.05) is 12.4 Å². The zero-order valence-corrected chi connectivity index (χ0v) is 11.2. The summed E-state index contributed by atoms with van der Waals surface area (Å²) in [5.41, 5.74) is 2.45. The van der Waals surface area contributed by atoms with Gasteiger partial charge in [0.15, 0.2) is 0 Å². The molecular formula is C12H17Cl2NO. The molecule has 0 atom stereocenters. The van der Waals surface area contributed by atoms with Crippen molar-refractivity contribution in [2.45, 2.75) is 13.3 Å². The van der Waals surface area contributed by atoms with Gasteiger partial charge in [-0.05, 0) is 43.1 Å². The van der Waals surface area contributed by atoms with Crippen LogP contribution >= 0.6 is 23.2 Å². The van der Waals surface area contributed by atoms with E-state index in [0.29, 0.717) is 10.9 Å². The summed E-state index contributed by atoms with van der Waals surface area (Å²) < 4.78 is 5.16. The molecule has 1 aromatic carbocycles. The average Bonchev–Trinajstić information content (AvgIpc) is 2.28. The van der Waals surface area contributed by atoms with Crippen molar-refractivity contribution in [2.75, 3.05) is 26.1 Å². The lowest BCUT2D eigenvalue weighted by Crippen LogP contribution is -2.19. The van der Waals surface area contributed by atoms with E-state index < -0.39 is 0 Å². The summed E-state index contributed by atoms with van der Waals surface area (Å²) in [5, 5.41) is 3.92. The number of alkyl halides is 1. The van der Waals surface area contributed by atoms with Crippen LogP contribution in [0.4, 0.5) is 0 Å². The number of hydrogen-bond acceptors (Lipinski definition) is 2. The van der Waals surface area contributed by atoms with E-state index in [9.17, 15) is 0 Å². The first kappa shape index (κ1) is 13.6. The molecule has 0 heterocycles. The summed E-state index contributed by atoms with van der Waals surface area (Å²) >= 11 is 11.7. The maximum absolute atomic E-state index is 6.08. The standard InChI is InChI=1S/C12H17Cl2NO/c1-9-7-12(16-2)11(14)8-10(9)3-5-15-6-4-13/h7-8,15H,3-6H2,1-2H3. The third kappa shape index (κ3) is 3.85. The molecule has 0 aliphatic carbocycles. The van der Waals surface area contributed by atoms with Gasteiger partial charge in [-0.25, -0.2) is 0 Å². The van der Waals surface area contributed by atoms with E-state index in [0.717, 1.165) is 25.3 Å². The van der Waals surface area contributed by atoms with Gasteiger partial charge in [0.1, 0.15) is 5.75 Å². The number of methoxy groups -OCH3 is 1. The Labute approximate surface area is 107 Å². The molecule has 2 nitrogen and oxygen atoms in total. The van der Waals surface area contributed by atoms with Crippen LogP contribution in [0.5, 0.6) is 5.75 Å². The molecule has 16 heavy (non-hydrogen) atoms. The summed E-state index contributed by atoms with van der Waals surface area (Å²) in [5.74, 6) is 1.37. The largest absolute Gasteiger partial charge is 0.495 e. The normalized spacial score (nSPS) is 10.5. The molecule has 0 amide bonds. The van der Waals surface area contributed by atoms with Crippen molar-refractivity contribution in [3.8, 4) is 5.75 Å². The van der Waals surface area contributed by atoms with Crippen LogP contribution < -0.4 is 10.1 Å². The quantitative estimate of drug-likeness (QED) is 0.628. The molecule has 0 fully saturated rings. The number of benzene rings is 1. The highest BCUT2D eigenvalue weighted by molar-refractivity contribution is 6.32. The average molecular weight is 262 g/mol. The Morgan fingerprint density at radius 1 is 1.31 bits per heavy atom. The first-order valence-electron chi connectivity index (χ1n) is 5.28. The number of aryl methyl sites for hydroxylation is 1. The Morgan fingerprint density at radius 2 is 2.06 bits per heavy atom. The second-order valence-electron chi connectivity index (χ2n) is 3.60. The molecule has 0 saturated carbocycles. The van der Waals surface area contributed by atoms with Crippen LogP contribution in [-0.4, -0.2) is 26.1 Å². The van der Waals surface area contributed by atoms with E-state index >= 15 is 0 Å². The molecular weight excluding hydrogens is 245 g/mol. The zero-order chi connectivity index (χ0) is 12.0. The van der Waals surface area contributed by atoms with E-state index in [2.05, 4.69) is 12.2 Å². The van der Waals surface area contributed by atoms with Crippen molar-refractivity contribution in [3.63, 3.8) is 0 Å². The van der Waals surface area contributed by atoms with E-state index in [-0.39, 0.29) is 0 Å². The lowest BCUT2D eigenvalue weighted by atomic mass is 10.1. The number of nitrogens with one attached hydrogen (secondary N) is 1. The molecule has 90 valence electrons. The summed E-state index contributed by atoms with van der Waals surface area (Å²) in [6.07, 6.45) is 0.951. The lowest BCUT2D eigenvalue weighted by molar-refractivity contribution is 0.414. The fraction of sp³-hybridized carbons (Fsp3) is 0.500. The van der Waals surface area contributed by atoms with E-state index in [4.69, 9.17) is 27.9 Å². The minimum atomic E-state index is 0.641. The van der Waals surface area contributed by atoms with Crippen LogP contribution in [-0.2, 0) is 6.42 Å². The number of halogens is 2. The first-order valence-corrected chi connectivity index (χ1v) is 6.20. The second-order valence-corrected chi connectivity index (χ2v) is 4.39. The maximum atomic E-state index is 6.08. The summed E-state index contributed by atoms with van der Waals surface area (Å²) in [7, 11) is 1.63. The van der Waals surface area contributed by atoms with E-state index in [1.807, 2.05) is 12.1 Å². The van der Waals surface area contributed by atoms with Gasteiger partial charge < -0.3 is 10.1 Å². The Balaban J connectivity index is 2.63. The van der Waals surface area contributed by atoms with Crippen LogP contribution in [0.1, 0.15) is 11.1 Å². The minimum Gasteiger partial charge on any atom is -0.495 e. The third-order valence-corrected chi connectivity index (χ3v) is 2.94. The molecule has 1 N–H and O–H groups in total. The molecule has 1 aromatic rings. The van der Waals surface area contributed by atoms with Crippen LogP contribution in [0.2, 0.25) is 5.02 Å². The predicted octanol–water partition coefficient (Wildman–Crippen LogP) is 3.03. The lowest BCUT2D eigenvalue weighted by Gasteiger charge is -2.10. The van der Waals surface area contributed by atoms with Crippen LogP contribution in [0.3, 0.4) is 0 Å². The smallest absolute Gasteiger partial charge is 0.137 e. The van der Waals surface area contributed by atoms with Crippen molar-refractivity contribution in [3.05, 3.63) is 28.3 Å². The summed E-state index contributed by atoms with van der Waals surface area (Å²) in [4.78, 5) is 0. The summed E-state index contributed by atoms with van der Waals surface area (Å²) in [6, 6.07) is 3.94. The Bertz CT molecular complexity index is 342. The highest BCUT2D eigenvalue weighted by Crippen LogP contribution is 2.27. The van der Waals surface area contributed by atoms with Gasteiger partial charge >= 0.3 is 0 Å². The zero-order valence-electron chi connectivity index (χ0n) is 9.65. The number of ether oxygens (including phenoxy) is 1. The van der Waals surface area contributed by atoms with Crippen molar-refractivity contribution >= 4 is 23.2 Å². The second kappa shape index (κ2) is 7.00. The van der Waals surface area contributed by atoms with Crippen LogP contribution in [0.15, 0.2) is 12.1 Å². The van der Waals surface area contributed by atoms with Crippen molar-refractivity contribution in [2.24, 2.45) is 0 Å². The Hall–Kier alpha value is -0.440. The number of rotatable bonds is 6. The molecule has 0 aliphatic rings. The molecule has 0 saturated heterocycles.